The van der Waals surface area contributed by atoms with Gasteiger partial charge in [-0.15, -0.1) is 0 Å². The molecule has 3 heterocycles. The number of rotatable bonds is 5. The maximum Gasteiger partial charge on any atom is 0.316 e. The van der Waals surface area contributed by atoms with Crippen molar-refractivity contribution in [2.24, 2.45) is 0 Å². The van der Waals surface area contributed by atoms with Crippen LogP contribution in [0.2, 0.25) is 0 Å². The van der Waals surface area contributed by atoms with Crippen LogP contribution in [0.15, 0.2) is 23.3 Å². The third-order valence-corrected chi connectivity index (χ3v) is 3.42. The minimum atomic E-state index is 0.139. The molecule has 8 nitrogen and oxygen atoms in total. The molecular formula is C13H17N5O3. The summed E-state index contributed by atoms with van der Waals surface area (Å²) in [6, 6.07) is 0.396. The molecule has 2 aromatic heterocycles. The summed E-state index contributed by atoms with van der Waals surface area (Å²) >= 11 is 0. The minimum absolute atomic E-state index is 0.139. The number of nitrogens with zero attached hydrogens (tertiary/aromatic N) is 5. The molecule has 21 heavy (non-hydrogen) atoms. The van der Waals surface area contributed by atoms with Crippen molar-refractivity contribution in [3.63, 3.8) is 0 Å². The first-order valence-electron chi connectivity index (χ1n) is 6.84. The molecule has 1 aliphatic heterocycles. The second kappa shape index (κ2) is 6.49. The fraction of sp³-hybridized carbons (Fsp3) is 0.538. The Balaban J connectivity index is 1.46. The maximum absolute atomic E-state index is 5.78. The lowest BCUT2D eigenvalue weighted by atomic mass is 10.1. The molecule has 1 saturated heterocycles. The van der Waals surface area contributed by atoms with Gasteiger partial charge in [0.15, 0.2) is 11.6 Å². The van der Waals surface area contributed by atoms with Crippen molar-refractivity contribution < 1.29 is 14.0 Å². The molecular weight excluding hydrogens is 274 g/mol. The Morgan fingerprint density at radius 1 is 1.24 bits per heavy atom. The molecule has 0 saturated carbocycles. The monoisotopic (exact) mass is 291 g/mol. The number of ether oxygens (including phenoxy) is 2. The van der Waals surface area contributed by atoms with Gasteiger partial charge in [0.1, 0.15) is 6.10 Å². The molecule has 0 aliphatic carbocycles. The molecule has 0 atom stereocenters. The molecule has 0 unspecified atom stereocenters. The summed E-state index contributed by atoms with van der Waals surface area (Å²) in [6.07, 6.45) is 6.55. The van der Waals surface area contributed by atoms with E-state index in [1.807, 2.05) is 0 Å². The van der Waals surface area contributed by atoms with Gasteiger partial charge in [0.05, 0.1) is 26.0 Å². The highest BCUT2D eigenvalue weighted by Crippen LogP contribution is 2.17. The predicted octanol–water partition coefficient (Wildman–Crippen LogP) is 0.912. The molecule has 0 amide bonds. The van der Waals surface area contributed by atoms with E-state index in [9.17, 15) is 0 Å². The Kier molecular flexibility index (Phi) is 4.25. The van der Waals surface area contributed by atoms with E-state index in [2.05, 4.69) is 25.0 Å². The first kappa shape index (κ1) is 13.7. The highest BCUT2D eigenvalue weighted by molar-refractivity contribution is 5.13. The lowest BCUT2D eigenvalue weighted by molar-refractivity contribution is 0.0874. The van der Waals surface area contributed by atoms with Crippen molar-refractivity contribution in [1.82, 2.24) is 25.0 Å². The van der Waals surface area contributed by atoms with Crippen molar-refractivity contribution >= 4 is 0 Å². The largest absolute Gasteiger partial charge is 0.494 e. The van der Waals surface area contributed by atoms with Crippen LogP contribution in [-0.2, 0) is 6.54 Å². The van der Waals surface area contributed by atoms with Crippen molar-refractivity contribution in [1.29, 1.82) is 0 Å². The van der Waals surface area contributed by atoms with Crippen LogP contribution < -0.4 is 9.47 Å². The summed E-state index contributed by atoms with van der Waals surface area (Å²) in [5.41, 5.74) is 0. The Labute approximate surface area is 122 Å². The number of methoxy groups -OCH3 is 1. The molecule has 0 N–H and O–H groups in total. The van der Waals surface area contributed by atoms with E-state index in [-0.39, 0.29) is 6.10 Å². The van der Waals surface area contributed by atoms with Crippen LogP contribution in [0.4, 0.5) is 0 Å². The van der Waals surface area contributed by atoms with Gasteiger partial charge in [-0.25, -0.2) is 0 Å². The van der Waals surface area contributed by atoms with Gasteiger partial charge in [0, 0.05) is 13.1 Å². The topological polar surface area (TPSA) is 86.4 Å². The summed E-state index contributed by atoms with van der Waals surface area (Å²) in [4.78, 5) is 14.5. The number of piperidine rings is 1. The maximum atomic E-state index is 5.78. The Morgan fingerprint density at radius 3 is 2.62 bits per heavy atom. The Hall–Kier alpha value is -2.22. The van der Waals surface area contributed by atoms with E-state index < -0.39 is 0 Å². The predicted molar refractivity (Wildman–Crippen MR) is 71.8 cm³/mol. The van der Waals surface area contributed by atoms with Gasteiger partial charge in [0.2, 0.25) is 6.39 Å². The van der Waals surface area contributed by atoms with E-state index in [1.54, 1.807) is 19.5 Å². The van der Waals surface area contributed by atoms with Crippen LogP contribution in [0.1, 0.15) is 18.7 Å². The minimum Gasteiger partial charge on any atom is -0.494 e. The van der Waals surface area contributed by atoms with Gasteiger partial charge in [-0.3, -0.25) is 4.90 Å². The molecule has 8 heteroatoms. The second-order valence-corrected chi connectivity index (χ2v) is 4.85. The number of hydrogen-bond acceptors (Lipinski definition) is 8. The van der Waals surface area contributed by atoms with Gasteiger partial charge in [-0.2, -0.15) is 15.0 Å². The highest BCUT2D eigenvalue weighted by atomic mass is 16.5. The van der Waals surface area contributed by atoms with Gasteiger partial charge in [-0.05, 0) is 12.8 Å². The van der Waals surface area contributed by atoms with Crippen LogP contribution in [-0.4, -0.2) is 51.3 Å². The fourth-order valence-electron chi connectivity index (χ4n) is 2.27. The van der Waals surface area contributed by atoms with E-state index in [0.29, 0.717) is 24.1 Å². The quantitative estimate of drug-likeness (QED) is 0.803. The summed E-state index contributed by atoms with van der Waals surface area (Å²) in [7, 11) is 1.58. The van der Waals surface area contributed by atoms with Gasteiger partial charge >= 0.3 is 6.01 Å². The Bertz CT molecular complexity index is 537. The summed E-state index contributed by atoms with van der Waals surface area (Å²) in [5.74, 6) is 1.34. The van der Waals surface area contributed by atoms with Crippen molar-refractivity contribution in [2.45, 2.75) is 25.5 Å². The number of hydrogen-bond donors (Lipinski definition) is 0. The van der Waals surface area contributed by atoms with E-state index >= 15 is 0 Å². The Morgan fingerprint density at radius 2 is 2.00 bits per heavy atom. The normalized spacial score (nSPS) is 16.8. The zero-order chi connectivity index (χ0) is 14.5. The molecule has 2 aromatic rings. The SMILES string of the molecule is COc1cnc(OC2CCN(Cc3ncon3)CC2)nc1. The molecule has 1 aliphatic rings. The molecule has 0 spiro atoms. The second-order valence-electron chi connectivity index (χ2n) is 4.85. The lowest BCUT2D eigenvalue weighted by Gasteiger charge is -2.30. The van der Waals surface area contributed by atoms with E-state index in [4.69, 9.17) is 14.0 Å². The van der Waals surface area contributed by atoms with E-state index in [0.717, 1.165) is 25.9 Å². The van der Waals surface area contributed by atoms with E-state index in [1.165, 1.54) is 6.39 Å². The van der Waals surface area contributed by atoms with Crippen LogP contribution in [0.5, 0.6) is 11.8 Å². The first-order valence-corrected chi connectivity index (χ1v) is 6.84. The lowest BCUT2D eigenvalue weighted by Crippen LogP contribution is -2.38. The molecule has 3 rings (SSSR count). The summed E-state index contributed by atoms with van der Waals surface area (Å²) in [5, 5.41) is 3.82. The summed E-state index contributed by atoms with van der Waals surface area (Å²) in [6.45, 7) is 2.56. The molecule has 112 valence electrons. The third kappa shape index (κ3) is 3.66. The molecule has 0 radical (unpaired) electrons. The van der Waals surface area contributed by atoms with Crippen LogP contribution in [0.25, 0.3) is 0 Å². The van der Waals surface area contributed by atoms with Crippen LogP contribution >= 0.6 is 0 Å². The van der Waals surface area contributed by atoms with Crippen molar-refractivity contribution in [3.05, 3.63) is 24.6 Å². The highest BCUT2D eigenvalue weighted by Gasteiger charge is 2.22. The standard InChI is InChI=1S/C13H17N5O3/c1-19-11-6-14-13(15-7-11)21-10-2-4-18(5-3-10)8-12-16-9-20-17-12/h6-7,9-10H,2-5,8H2,1H3. The van der Waals surface area contributed by atoms with Crippen molar-refractivity contribution in [2.75, 3.05) is 20.2 Å². The number of likely N-dealkylation sites (tertiary alicyclic amines) is 1. The average molecular weight is 291 g/mol. The van der Waals surface area contributed by atoms with Crippen LogP contribution in [0, 0.1) is 0 Å². The van der Waals surface area contributed by atoms with Gasteiger partial charge in [-0.1, -0.05) is 5.16 Å². The average Bonchev–Trinajstić information content (AvgIpc) is 3.03. The zero-order valence-electron chi connectivity index (χ0n) is 11.8. The smallest absolute Gasteiger partial charge is 0.316 e. The molecule has 0 bridgehead atoms. The molecule has 1 fully saturated rings. The number of aromatic nitrogens is 4. The van der Waals surface area contributed by atoms with Crippen LogP contribution in [0.3, 0.4) is 0 Å². The third-order valence-electron chi connectivity index (χ3n) is 3.42. The van der Waals surface area contributed by atoms with Gasteiger partial charge < -0.3 is 14.0 Å². The fourth-order valence-corrected chi connectivity index (χ4v) is 2.27. The summed E-state index contributed by atoms with van der Waals surface area (Å²) < 4.78 is 15.5. The van der Waals surface area contributed by atoms with Crippen molar-refractivity contribution in [3.8, 4) is 11.8 Å². The zero-order valence-corrected chi connectivity index (χ0v) is 11.8. The first-order chi connectivity index (χ1) is 10.3. The van der Waals surface area contributed by atoms with Gasteiger partial charge in [0.25, 0.3) is 0 Å². The molecule has 0 aromatic carbocycles.